The average Bonchev–Trinajstić information content (AvgIpc) is 3.56. The summed E-state index contributed by atoms with van der Waals surface area (Å²) in [6.45, 7) is 1.91. The maximum absolute atomic E-state index is 13.0. The van der Waals surface area contributed by atoms with Crippen LogP contribution in [0.1, 0.15) is 69.1 Å². The van der Waals surface area contributed by atoms with Gasteiger partial charge in [0.2, 0.25) is 0 Å². The molecule has 0 spiro atoms. The Balaban J connectivity index is 1.36. The summed E-state index contributed by atoms with van der Waals surface area (Å²) in [4.78, 5) is 110. The van der Waals surface area contributed by atoms with Crippen LogP contribution < -0.4 is 0 Å². The molecule has 3 aromatic heterocycles. The smallest absolute Gasteiger partial charge is 0.261 e. The lowest BCUT2D eigenvalue weighted by Gasteiger charge is -2.11. The van der Waals surface area contributed by atoms with Gasteiger partial charge in [0, 0.05) is 20.6 Å². The highest BCUT2D eigenvalue weighted by Crippen LogP contribution is 2.36. The number of imide groups is 3. The van der Waals surface area contributed by atoms with Gasteiger partial charge in [-0.3, -0.25) is 43.5 Å². The molecule has 0 saturated heterocycles. The summed E-state index contributed by atoms with van der Waals surface area (Å²) < 4.78 is 0. The zero-order chi connectivity index (χ0) is 33.8. The van der Waals surface area contributed by atoms with Gasteiger partial charge in [-0.05, 0) is 43.3 Å². The van der Waals surface area contributed by atoms with Crippen LogP contribution in [0.15, 0.2) is 36.4 Å². The van der Waals surface area contributed by atoms with Gasteiger partial charge in [0.1, 0.15) is 33.1 Å². The predicted molar refractivity (Wildman–Crippen MR) is 172 cm³/mol. The monoisotopic (exact) mass is 647 g/mol. The van der Waals surface area contributed by atoms with Crippen molar-refractivity contribution in [2.45, 2.75) is 6.92 Å². The minimum atomic E-state index is -0.462. The molecule has 15 nitrogen and oxygen atoms in total. The van der Waals surface area contributed by atoms with E-state index in [2.05, 4.69) is 0 Å². The van der Waals surface area contributed by atoms with Gasteiger partial charge in [-0.25, -0.2) is 29.9 Å². The van der Waals surface area contributed by atoms with Crippen molar-refractivity contribution < 1.29 is 28.8 Å². The zero-order valence-corrected chi connectivity index (χ0v) is 25.6. The van der Waals surface area contributed by atoms with E-state index in [1.54, 1.807) is 6.92 Å². The Labute approximate surface area is 272 Å². The third-order valence-corrected chi connectivity index (χ3v) is 9.49. The van der Waals surface area contributed by atoms with E-state index >= 15 is 0 Å². The number of benzene rings is 4. The van der Waals surface area contributed by atoms with Crippen molar-refractivity contribution in [1.29, 1.82) is 0 Å². The van der Waals surface area contributed by atoms with E-state index in [0.717, 1.165) is 14.7 Å². The number of hydrogen-bond donors (Lipinski definition) is 0. The van der Waals surface area contributed by atoms with Crippen LogP contribution in [0, 0.1) is 0 Å². The molecule has 7 aromatic rings. The number of aromatic nitrogens is 6. The van der Waals surface area contributed by atoms with Crippen LogP contribution in [0.25, 0.3) is 66.2 Å². The van der Waals surface area contributed by atoms with E-state index in [4.69, 9.17) is 29.9 Å². The SMILES string of the molecule is CCN1C(=O)c2cc3nc4c5nc6cc7c(cc6nc5c5nc6cc8c(cc6nc5c4nc3cc2C1=O)C(=O)N(C)C8=O)C(=O)N(C)C7=O. The summed E-state index contributed by atoms with van der Waals surface area (Å²) in [7, 11) is 2.80. The molecule has 0 saturated carbocycles. The first-order chi connectivity index (χ1) is 23.5. The number of carbonyl (C=O) groups is 6. The molecule has 0 atom stereocenters. The van der Waals surface area contributed by atoms with E-state index in [-0.39, 0.29) is 73.0 Å². The van der Waals surface area contributed by atoms with Crippen LogP contribution in [0.2, 0.25) is 0 Å². The molecular weight excluding hydrogens is 630 g/mol. The fourth-order valence-corrected chi connectivity index (χ4v) is 6.94. The first-order valence-electron chi connectivity index (χ1n) is 15.1. The van der Waals surface area contributed by atoms with Gasteiger partial charge in [-0.2, -0.15) is 0 Å². The Bertz CT molecular complexity index is 2740. The van der Waals surface area contributed by atoms with Crippen molar-refractivity contribution >= 4 is 102 Å². The Morgan fingerprint density at radius 3 is 0.796 bits per heavy atom. The van der Waals surface area contributed by atoms with Crippen molar-refractivity contribution in [3.63, 3.8) is 0 Å². The van der Waals surface area contributed by atoms with Crippen molar-refractivity contribution in [2.75, 3.05) is 20.6 Å². The molecule has 0 N–H and O–H groups in total. The minimum absolute atomic E-state index is 0.193. The number of fused-ring (bicyclic) bond motifs is 12. The van der Waals surface area contributed by atoms with Gasteiger partial charge in [0.05, 0.1) is 66.5 Å². The number of nitrogens with zero attached hydrogens (tertiary/aromatic N) is 9. The zero-order valence-electron chi connectivity index (χ0n) is 25.6. The Kier molecular flexibility index (Phi) is 4.84. The molecule has 0 aliphatic carbocycles. The van der Waals surface area contributed by atoms with Crippen molar-refractivity contribution in [3.05, 3.63) is 69.8 Å². The van der Waals surface area contributed by atoms with E-state index in [1.165, 1.54) is 50.5 Å². The predicted octanol–water partition coefficient (Wildman–Crippen LogP) is 3.04. The Morgan fingerprint density at radius 2 is 0.592 bits per heavy atom. The second-order valence-corrected chi connectivity index (χ2v) is 12.1. The molecule has 49 heavy (non-hydrogen) atoms. The van der Waals surface area contributed by atoms with Crippen LogP contribution in [-0.2, 0) is 0 Å². The summed E-state index contributed by atoms with van der Waals surface area (Å²) in [5, 5.41) is 0. The topological polar surface area (TPSA) is 189 Å². The third-order valence-electron chi connectivity index (χ3n) is 9.49. The summed E-state index contributed by atoms with van der Waals surface area (Å²) in [5.74, 6) is -2.71. The summed E-state index contributed by atoms with van der Waals surface area (Å²) in [6, 6.07) is 9.09. The molecule has 0 fully saturated rings. The van der Waals surface area contributed by atoms with Crippen LogP contribution in [0.5, 0.6) is 0 Å². The van der Waals surface area contributed by atoms with Crippen LogP contribution >= 0.6 is 0 Å². The molecule has 0 radical (unpaired) electrons. The molecule has 0 unspecified atom stereocenters. The maximum Gasteiger partial charge on any atom is 0.261 e. The first kappa shape index (κ1) is 27.2. The molecule has 3 aliphatic rings. The fourth-order valence-electron chi connectivity index (χ4n) is 6.94. The highest BCUT2D eigenvalue weighted by molar-refractivity contribution is 6.26. The summed E-state index contributed by atoms with van der Waals surface area (Å²) in [6.07, 6.45) is 0. The van der Waals surface area contributed by atoms with Gasteiger partial charge in [0.25, 0.3) is 35.4 Å². The third kappa shape index (κ3) is 3.25. The molecular formula is C34H17N9O6. The lowest BCUT2D eigenvalue weighted by molar-refractivity contribution is 0.0654. The Hall–Kier alpha value is -6.90. The van der Waals surface area contributed by atoms with Gasteiger partial charge >= 0.3 is 0 Å². The van der Waals surface area contributed by atoms with Crippen molar-refractivity contribution in [1.82, 2.24) is 44.6 Å². The standard InChI is InChI=1S/C34H17N9O6/c1-4-43-33(48)15-9-21-22(10-16(15)34(43)49)40-28-26-24(36-18-6-12-14(8-20(18)38-26)32(47)42(3)30(12)45)23-25(27(28)39-21)37-19-7-13-11(5-17(19)35-23)29(44)41(2)31(13)46/h5-10H,4H2,1-3H3. The highest BCUT2D eigenvalue weighted by atomic mass is 16.2. The maximum atomic E-state index is 13.0. The van der Waals surface area contributed by atoms with Gasteiger partial charge in [0.15, 0.2) is 0 Å². The lowest BCUT2D eigenvalue weighted by Crippen LogP contribution is -2.29. The normalized spacial score (nSPS) is 15.9. The molecule has 10 rings (SSSR count). The number of hydrogen-bond acceptors (Lipinski definition) is 12. The fraction of sp³-hybridized carbons (Fsp3) is 0.118. The van der Waals surface area contributed by atoms with E-state index in [9.17, 15) is 28.8 Å². The lowest BCUT2D eigenvalue weighted by atomic mass is 10.1. The number of rotatable bonds is 1. The number of amides is 6. The van der Waals surface area contributed by atoms with Gasteiger partial charge < -0.3 is 0 Å². The molecule has 3 aliphatic heterocycles. The van der Waals surface area contributed by atoms with E-state index < -0.39 is 35.4 Å². The van der Waals surface area contributed by atoms with E-state index in [0.29, 0.717) is 33.1 Å². The molecule has 6 heterocycles. The van der Waals surface area contributed by atoms with Crippen molar-refractivity contribution in [2.24, 2.45) is 0 Å². The van der Waals surface area contributed by atoms with E-state index in [1.807, 2.05) is 0 Å². The molecule has 4 aromatic carbocycles. The molecule has 234 valence electrons. The van der Waals surface area contributed by atoms with Gasteiger partial charge in [-0.1, -0.05) is 0 Å². The largest absolute Gasteiger partial charge is 0.277 e. The quantitative estimate of drug-likeness (QED) is 0.144. The molecule has 6 amide bonds. The minimum Gasteiger partial charge on any atom is -0.277 e. The van der Waals surface area contributed by atoms with Crippen molar-refractivity contribution in [3.8, 4) is 0 Å². The average molecular weight is 648 g/mol. The van der Waals surface area contributed by atoms with Crippen LogP contribution in [0.4, 0.5) is 0 Å². The summed E-state index contributed by atoms with van der Waals surface area (Å²) >= 11 is 0. The molecule has 15 heteroatoms. The Morgan fingerprint density at radius 1 is 0.388 bits per heavy atom. The second-order valence-electron chi connectivity index (χ2n) is 12.1. The first-order valence-corrected chi connectivity index (χ1v) is 15.1. The van der Waals surface area contributed by atoms with Crippen LogP contribution in [0.3, 0.4) is 0 Å². The van der Waals surface area contributed by atoms with Crippen LogP contribution in [-0.4, -0.2) is 101 Å². The highest BCUT2D eigenvalue weighted by Gasteiger charge is 2.37. The summed E-state index contributed by atoms with van der Waals surface area (Å²) in [5.41, 5.74) is 4.65. The second kappa shape index (κ2) is 8.71. The number of carbonyl (C=O) groups excluding carboxylic acids is 6. The van der Waals surface area contributed by atoms with Gasteiger partial charge in [-0.15, -0.1) is 0 Å². The molecule has 0 bridgehead atoms.